The fraction of sp³-hybridized carbons (Fsp3) is 0.455. The lowest BCUT2D eigenvalue weighted by Gasteiger charge is -2.12. The molecule has 0 unspecified atom stereocenters. The molecule has 1 rings (SSSR count). The van der Waals surface area contributed by atoms with Gasteiger partial charge in [0.2, 0.25) is 0 Å². The molecule has 0 radical (unpaired) electrons. The number of hydrogen-bond acceptors (Lipinski definition) is 3. The first kappa shape index (κ1) is 12.7. The Balaban J connectivity index is 2.71. The second kappa shape index (κ2) is 6.27. The Labute approximate surface area is 93.4 Å². The Hall–Kier alpha value is -1.36. The van der Waals surface area contributed by atoms with Crippen molar-refractivity contribution in [3.05, 3.63) is 23.8 Å². The molecule has 0 atom stereocenters. The summed E-state index contributed by atoms with van der Waals surface area (Å²) in [6.45, 7) is -0.00885. The third-order valence-electron chi connectivity index (χ3n) is 2.10. The van der Waals surface area contributed by atoms with Crippen LogP contribution < -0.4 is 14.8 Å². The number of alkyl halides is 2. The number of ether oxygens (including phenoxy) is 2. The highest BCUT2D eigenvalue weighted by Crippen LogP contribution is 2.30. The van der Waals surface area contributed by atoms with Crippen LogP contribution in [0.25, 0.3) is 0 Å². The van der Waals surface area contributed by atoms with E-state index in [0.29, 0.717) is 18.0 Å². The second-order valence-corrected chi connectivity index (χ2v) is 3.17. The van der Waals surface area contributed by atoms with E-state index in [1.807, 2.05) is 0 Å². The molecule has 16 heavy (non-hydrogen) atoms. The van der Waals surface area contributed by atoms with Crippen LogP contribution in [0.4, 0.5) is 8.78 Å². The first-order valence-electron chi connectivity index (χ1n) is 4.87. The number of hydrogen-bond donors (Lipinski definition) is 1. The lowest BCUT2D eigenvalue weighted by Crippen LogP contribution is -2.20. The molecule has 0 aliphatic heterocycles. The molecule has 0 bridgehead atoms. The molecule has 90 valence electrons. The van der Waals surface area contributed by atoms with Crippen molar-refractivity contribution in [1.29, 1.82) is 0 Å². The molecule has 0 spiro atoms. The SMILES string of the molecule is COc1cccc(CNCC(F)F)c1OC. The highest BCUT2D eigenvalue weighted by atomic mass is 19.3. The molecule has 5 heteroatoms. The minimum atomic E-state index is -2.35. The average molecular weight is 231 g/mol. The smallest absolute Gasteiger partial charge is 0.250 e. The van der Waals surface area contributed by atoms with E-state index in [9.17, 15) is 8.78 Å². The number of nitrogens with one attached hydrogen (secondary N) is 1. The largest absolute Gasteiger partial charge is 0.493 e. The number of rotatable bonds is 6. The first-order valence-corrected chi connectivity index (χ1v) is 4.87. The minimum Gasteiger partial charge on any atom is -0.493 e. The van der Waals surface area contributed by atoms with Gasteiger partial charge < -0.3 is 14.8 Å². The van der Waals surface area contributed by atoms with Crippen LogP contribution in [0.1, 0.15) is 5.56 Å². The van der Waals surface area contributed by atoms with Crippen LogP contribution in [0, 0.1) is 0 Å². The molecule has 0 saturated carbocycles. The normalized spacial score (nSPS) is 10.6. The molecular formula is C11H15F2NO2. The van der Waals surface area contributed by atoms with Gasteiger partial charge >= 0.3 is 0 Å². The molecule has 0 aliphatic rings. The molecule has 0 aromatic heterocycles. The van der Waals surface area contributed by atoms with Gasteiger partial charge in [-0.25, -0.2) is 8.78 Å². The summed E-state index contributed by atoms with van der Waals surface area (Å²) in [7, 11) is 3.06. The van der Waals surface area contributed by atoms with Gasteiger partial charge in [0.15, 0.2) is 11.5 Å². The van der Waals surface area contributed by atoms with Crippen molar-refractivity contribution >= 4 is 0 Å². The summed E-state index contributed by atoms with van der Waals surface area (Å²) in [5, 5.41) is 2.64. The minimum absolute atomic E-state index is 0.324. The van der Waals surface area contributed by atoms with E-state index >= 15 is 0 Å². The summed E-state index contributed by atoms with van der Waals surface area (Å²) in [6.07, 6.45) is -2.35. The Bertz CT molecular complexity index is 332. The van der Waals surface area contributed by atoms with Gasteiger partial charge in [-0.1, -0.05) is 12.1 Å². The summed E-state index contributed by atoms with van der Waals surface area (Å²) in [6, 6.07) is 5.36. The zero-order valence-electron chi connectivity index (χ0n) is 9.30. The van der Waals surface area contributed by atoms with Crippen LogP contribution in [-0.2, 0) is 6.54 Å². The topological polar surface area (TPSA) is 30.5 Å². The van der Waals surface area contributed by atoms with Crippen LogP contribution in [0.3, 0.4) is 0 Å². The number of methoxy groups -OCH3 is 2. The molecule has 0 heterocycles. The van der Waals surface area contributed by atoms with Crippen LogP contribution >= 0.6 is 0 Å². The van der Waals surface area contributed by atoms with E-state index in [0.717, 1.165) is 5.56 Å². The summed E-state index contributed by atoms with van der Waals surface area (Å²) in [5.41, 5.74) is 0.794. The zero-order valence-corrected chi connectivity index (χ0v) is 9.30. The van der Waals surface area contributed by atoms with Gasteiger partial charge in [-0.15, -0.1) is 0 Å². The third-order valence-corrected chi connectivity index (χ3v) is 2.10. The molecule has 3 nitrogen and oxygen atoms in total. The van der Waals surface area contributed by atoms with Crippen LogP contribution in [0.5, 0.6) is 11.5 Å². The van der Waals surface area contributed by atoms with Gasteiger partial charge in [0.25, 0.3) is 6.43 Å². The summed E-state index contributed by atoms with van der Waals surface area (Å²) in [5.74, 6) is 1.17. The predicted octanol–water partition coefficient (Wildman–Crippen LogP) is 2.06. The summed E-state index contributed by atoms with van der Waals surface area (Å²) >= 11 is 0. The lowest BCUT2D eigenvalue weighted by molar-refractivity contribution is 0.145. The van der Waals surface area contributed by atoms with E-state index in [2.05, 4.69) is 5.32 Å². The predicted molar refractivity (Wildman–Crippen MR) is 57.3 cm³/mol. The van der Waals surface area contributed by atoms with Crippen molar-refractivity contribution < 1.29 is 18.3 Å². The standard InChI is InChI=1S/C11H15F2NO2/c1-15-9-5-3-4-8(11(9)16-2)6-14-7-10(12)13/h3-5,10,14H,6-7H2,1-2H3. The maximum absolute atomic E-state index is 11.9. The van der Waals surface area contributed by atoms with Crippen molar-refractivity contribution in [1.82, 2.24) is 5.32 Å². The van der Waals surface area contributed by atoms with Gasteiger partial charge in [-0.2, -0.15) is 0 Å². The molecule has 1 N–H and O–H groups in total. The highest BCUT2D eigenvalue weighted by molar-refractivity contribution is 5.46. The van der Waals surface area contributed by atoms with E-state index in [4.69, 9.17) is 9.47 Å². The molecule has 0 aliphatic carbocycles. The van der Waals surface area contributed by atoms with Crippen LogP contribution in [0.2, 0.25) is 0 Å². The maximum Gasteiger partial charge on any atom is 0.250 e. The van der Waals surface area contributed by atoms with Gasteiger partial charge in [-0.3, -0.25) is 0 Å². The van der Waals surface area contributed by atoms with Crippen molar-refractivity contribution in [2.75, 3.05) is 20.8 Å². The third kappa shape index (κ3) is 3.34. The second-order valence-electron chi connectivity index (χ2n) is 3.17. The highest BCUT2D eigenvalue weighted by Gasteiger charge is 2.09. The van der Waals surface area contributed by atoms with Crippen LogP contribution in [-0.4, -0.2) is 27.2 Å². The zero-order chi connectivity index (χ0) is 12.0. The van der Waals surface area contributed by atoms with Gasteiger partial charge in [0.1, 0.15) is 0 Å². The fourth-order valence-corrected chi connectivity index (χ4v) is 1.41. The monoisotopic (exact) mass is 231 g/mol. The Kier molecular flexibility index (Phi) is 4.98. The van der Waals surface area contributed by atoms with Gasteiger partial charge in [-0.05, 0) is 6.07 Å². The molecule has 0 amide bonds. The van der Waals surface area contributed by atoms with Crippen molar-refractivity contribution in [2.24, 2.45) is 0 Å². The first-order chi connectivity index (χ1) is 7.69. The lowest BCUT2D eigenvalue weighted by atomic mass is 10.2. The van der Waals surface area contributed by atoms with Crippen molar-refractivity contribution in [2.45, 2.75) is 13.0 Å². The molecule has 0 fully saturated rings. The van der Waals surface area contributed by atoms with E-state index in [1.54, 1.807) is 18.2 Å². The number of para-hydroxylation sites is 1. The number of halogens is 2. The van der Waals surface area contributed by atoms with E-state index < -0.39 is 6.43 Å². The Morgan fingerprint density at radius 2 is 2.00 bits per heavy atom. The van der Waals surface area contributed by atoms with Gasteiger partial charge in [0, 0.05) is 12.1 Å². The van der Waals surface area contributed by atoms with E-state index in [-0.39, 0.29) is 6.54 Å². The quantitative estimate of drug-likeness (QED) is 0.812. The van der Waals surface area contributed by atoms with E-state index in [1.165, 1.54) is 14.2 Å². The van der Waals surface area contributed by atoms with Gasteiger partial charge in [0.05, 0.1) is 20.8 Å². The summed E-state index contributed by atoms with van der Waals surface area (Å²) < 4.78 is 34.2. The Morgan fingerprint density at radius 1 is 1.25 bits per heavy atom. The molecule has 1 aromatic carbocycles. The van der Waals surface area contributed by atoms with Crippen molar-refractivity contribution in [3.8, 4) is 11.5 Å². The maximum atomic E-state index is 11.9. The average Bonchev–Trinajstić information content (AvgIpc) is 2.28. The molecule has 0 saturated heterocycles. The summed E-state index contributed by atoms with van der Waals surface area (Å²) in [4.78, 5) is 0. The van der Waals surface area contributed by atoms with Crippen molar-refractivity contribution in [3.63, 3.8) is 0 Å². The number of benzene rings is 1. The van der Waals surface area contributed by atoms with Crippen LogP contribution in [0.15, 0.2) is 18.2 Å². The molecular weight excluding hydrogens is 216 g/mol. The fourth-order valence-electron chi connectivity index (χ4n) is 1.41. The molecule has 1 aromatic rings. The Morgan fingerprint density at radius 3 is 2.56 bits per heavy atom.